The van der Waals surface area contributed by atoms with Gasteiger partial charge in [0.1, 0.15) is 11.6 Å². The number of amides is 1. The first-order valence-corrected chi connectivity index (χ1v) is 13.7. The van der Waals surface area contributed by atoms with Gasteiger partial charge < -0.3 is 4.74 Å². The number of carbonyl (C=O) groups is 1. The Morgan fingerprint density at radius 2 is 1.85 bits per heavy atom. The zero-order valence-corrected chi connectivity index (χ0v) is 22.1. The van der Waals surface area contributed by atoms with E-state index in [4.69, 9.17) is 27.9 Å². The van der Waals surface area contributed by atoms with Crippen LogP contribution in [0.2, 0.25) is 10.0 Å². The molecule has 2 aromatic rings. The van der Waals surface area contributed by atoms with Crippen LogP contribution < -0.4 is 9.46 Å². The number of hydrogen-bond acceptors (Lipinski definition) is 4. The van der Waals surface area contributed by atoms with Crippen LogP contribution in [0.1, 0.15) is 73.0 Å². The minimum atomic E-state index is -0.542. The Morgan fingerprint density at radius 3 is 2.44 bits per heavy atom. The van der Waals surface area contributed by atoms with Crippen molar-refractivity contribution in [3.05, 3.63) is 62.9 Å². The van der Waals surface area contributed by atoms with Crippen molar-refractivity contribution in [2.24, 2.45) is 5.41 Å². The first kappa shape index (κ1) is 25.6. The number of halogens is 3. The van der Waals surface area contributed by atoms with E-state index in [0.717, 1.165) is 61.8 Å². The van der Waals surface area contributed by atoms with E-state index in [1.807, 2.05) is 12.1 Å². The van der Waals surface area contributed by atoms with Gasteiger partial charge in [-0.15, -0.1) is 0 Å². The standard InChI is InChI=1S/C26H31Cl2FN2O2S/c1-16(18-10-19(27)12-20(28)11-18)31-8-6-26(2,7-9-31)15-33-24-14-23(29)22(25(32)30-34-3)13-21(24)17-4-5-17/h10-14,16-17H,4-9,15H2,1-3H3,(H,30,32)/t16-/m1/s1. The predicted octanol–water partition coefficient (Wildman–Crippen LogP) is 7.26. The number of rotatable bonds is 8. The number of hydrogen-bond donors (Lipinski definition) is 1. The lowest BCUT2D eigenvalue weighted by molar-refractivity contribution is 0.0510. The minimum absolute atomic E-state index is 0.00556. The van der Waals surface area contributed by atoms with Gasteiger partial charge in [0.05, 0.1) is 12.2 Å². The lowest BCUT2D eigenvalue weighted by Crippen LogP contribution is -2.42. The minimum Gasteiger partial charge on any atom is -0.493 e. The van der Waals surface area contributed by atoms with Crippen LogP contribution in [0.4, 0.5) is 4.39 Å². The van der Waals surface area contributed by atoms with Crippen molar-refractivity contribution in [3.8, 4) is 5.75 Å². The van der Waals surface area contributed by atoms with Crippen molar-refractivity contribution >= 4 is 41.1 Å². The maximum absolute atomic E-state index is 14.7. The molecule has 1 aliphatic heterocycles. The van der Waals surface area contributed by atoms with Gasteiger partial charge in [-0.25, -0.2) is 4.39 Å². The highest BCUT2D eigenvalue weighted by Crippen LogP contribution is 2.46. The molecule has 34 heavy (non-hydrogen) atoms. The highest BCUT2D eigenvalue weighted by atomic mass is 35.5. The van der Waals surface area contributed by atoms with Gasteiger partial charge in [-0.05, 0) is 87.0 Å². The Kier molecular flexibility index (Phi) is 8.02. The Morgan fingerprint density at radius 1 is 1.21 bits per heavy atom. The molecule has 1 aliphatic carbocycles. The Balaban J connectivity index is 1.40. The molecule has 2 aliphatic rings. The van der Waals surface area contributed by atoms with Crippen molar-refractivity contribution in [1.82, 2.24) is 9.62 Å². The second-order valence-corrected chi connectivity index (χ2v) is 11.3. The van der Waals surface area contributed by atoms with E-state index in [9.17, 15) is 9.18 Å². The molecule has 1 N–H and O–H groups in total. The number of carbonyl (C=O) groups excluding carboxylic acids is 1. The summed E-state index contributed by atoms with van der Waals surface area (Å²) in [4.78, 5) is 14.7. The van der Waals surface area contributed by atoms with E-state index in [0.29, 0.717) is 28.3 Å². The third-order valence-corrected chi connectivity index (χ3v) is 7.88. The summed E-state index contributed by atoms with van der Waals surface area (Å²) < 4.78 is 23.6. The second-order valence-electron chi connectivity index (χ2n) is 9.79. The molecule has 0 spiro atoms. The monoisotopic (exact) mass is 524 g/mol. The average Bonchev–Trinajstić information content (AvgIpc) is 3.63. The molecule has 4 nitrogen and oxygen atoms in total. The third kappa shape index (κ3) is 6.01. The summed E-state index contributed by atoms with van der Waals surface area (Å²) in [5.41, 5.74) is 2.14. The van der Waals surface area contributed by atoms with Gasteiger partial charge in [0.2, 0.25) is 0 Å². The van der Waals surface area contributed by atoms with Crippen LogP contribution >= 0.6 is 35.1 Å². The van der Waals surface area contributed by atoms with E-state index in [1.54, 1.807) is 18.4 Å². The van der Waals surface area contributed by atoms with Crippen LogP contribution in [0.25, 0.3) is 0 Å². The summed E-state index contributed by atoms with van der Waals surface area (Å²) in [6.07, 6.45) is 5.78. The van der Waals surface area contributed by atoms with Crippen LogP contribution in [0.15, 0.2) is 30.3 Å². The fourth-order valence-electron chi connectivity index (χ4n) is 4.61. The average molecular weight is 526 g/mol. The fraction of sp³-hybridized carbons (Fsp3) is 0.500. The van der Waals surface area contributed by atoms with Gasteiger partial charge in [-0.1, -0.05) is 42.1 Å². The second kappa shape index (κ2) is 10.7. The van der Waals surface area contributed by atoms with Gasteiger partial charge in [-0.2, -0.15) is 0 Å². The van der Waals surface area contributed by atoms with Crippen molar-refractivity contribution in [2.45, 2.75) is 51.5 Å². The molecule has 1 saturated carbocycles. The third-order valence-electron chi connectivity index (χ3n) is 7.05. The summed E-state index contributed by atoms with van der Waals surface area (Å²) in [6.45, 7) is 6.80. The highest BCUT2D eigenvalue weighted by Gasteiger charge is 2.34. The van der Waals surface area contributed by atoms with Gasteiger partial charge >= 0.3 is 0 Å². The summed E-state index contributed by atoms with van der Waals surface area (Å²) in [7, 11) is 0. The van der Waals surface area contributed by atoms with Crippen molar-refractivity contribution in [1.29, 1.82) is 0 Å². The quantitative estimate of drug-likeness (QED) is 0.369. The highest BCUT2D eigenvalue weighted by molar-refractivity contribution is 7.97. The van der Waals surface area contributed by atoms with Crippen molar-refractivity contribution in [2.75, 3.05) is 26.0 Å². The summed E-state index contributed by atoms with van der Waals surface area (Å²) in [6, 6.07) is 9.00. The molecule has 8 heteroatoms. The fourth-order valence-corrected chi connectivity index (χ4v) is 5.44. The first-order chi connectivity index (χ1) is 16.2. The zero-order valence-electron chi connectivity index (χ0n) is 19.8. The van der Waals surface area contributed by atoms with E-state index >= 15 is 0 Å². The van der Waals surface area contributed by atoms with Crippen LogP contribution in [0.3, 0.4) is 0 Å². The number of benzene rings is 2. The molecule has 1 atom stereocenters. The van der Waals surface area contributed by atoms with Crippen LogP contribution in [0, 0.1) is 11.2 Å². The molecule has 0 unspecified atom stereocenters. The Labute approximate surface area is 215 Å². The SMILES string of the molecule is CSNC(=O)c1cc(C2CC2)c(OCC2(C)CCN([C@H](C)c3cc(Cl)cc(Cl)c3)CC2)cc1F. The smallest absolute Gasteiger partial charge is 0.264 e. The van der Waals surface area contributed by atoms with E-state index < -0.39 is 11.7 Å². The van der Waals surface area contributed by atoms with Gasteiger partial charge in [0.25, 0.3) is 5.91 Å². The molecule has 184 valence electrons. The number of ether oxygens (including phenoxy) is 1. The molecule has 1 heterocycles. The maximum Gasteiger partial charge on any atom is 0.264 e. The van der Waals surface area contributed by atoms with Gasteiger partial charge in [-0.3, -0.25) is 14.4 Å². The first-order valence-electron chi connectivity index (χ1n) is 11.7. The van der Waals surface area contributed by atoms with E-state index in [2.05, 4.69) is 23.5 Å². The zero-order chi connectivity index (χ0) is 24.5. The van der Waals surface area contributed by atoms with Crippen molar-refractivity contribution in [3.63, 3.8) is 0 Å². The maximum atomic E-state index is 14.7. The molecule has 1 amide bonds. The van der Waals surface area contributed by atoms with Crippen LogP contribution in [-0.2, 0) is 0 Å². The van der Waals surface area contributed by atoms with E-state index in [-0.39, 0.29) is 17.0 Å². The summed E-state index contributed by atoms with van der Waals surface area (Å²) >= 11 is 13.6. The molecule has 2 aromatic carbocycles. The Bertz CT molecular complexity index is 1040. The Hall–Kier alpha value is -1.47. The normalized spacial score (nSPS) is 19.0. The summed E-state index contributed by atoms with van der Waals surface area (Å²) in [5, 5.41) is 1.31. The molecule has 2 fully saturated rings. The lowest BCUT2D eigenvalue weighted by atomic mass is 9.80. The number of nitrogens with one attached hydrogen (secondary N) is 1. The van der Waals surface area contributed by atoms with Crippen molar-refractivity contribution < 1.29 is 13.9 Å². The number of likely N-dealkylation sites (tertiary alicyclic amines) is 1. The largest absolute Gasteiger partial charge is 0.493 e. The van der Waals surface area contributed by atoms with E-state index in [1.165, 1.54) is 6.07 Å². The van der Waals surface area contributed by atoms with Gasteiger partial charge in [0.15, 0.2) is 0 Å². The van der Waals surface area contributed by atoms with Crippen LogP contribution in [-0.4, -0.2) is 36.8 Å². The molecular weight excluding hydrogens is 494 g/mol. The predicted molar refractivity (Wildman–Crippen MR) is 139 cm³/mol. The molecular formula is C26H31Cl2FN2O2S. The molecule has 0 radical (unpaired) electrons. The topological polar surface area (TPSA) is 41.6 Å². The van der Waals surface area contributed by atoms with Gasteiger partial charge in [0, 0.05) is 33.8 Å². The summed E-state index contributed by atoms with van der Waals surface area (Å²) in [5.74, 6) is -0.0319. The molecule has 4 rings (SSSR count). The lowest BCUT2D eigenvalue weighted by Gasteiger charge is -2.42. The molecule has 1 saturated heterocycles. The number of piperidine rings is 1. The molecule has 0 bridgehead atoms. The number of nitrogens with zero attached hydrogens (tertiary/aromatic N) is 1. The molecule has 0 aromatic heterocycles. The van der Waals surface area contributed by atoms with Crippen LogP contribution in [0.5, 0.6) is 5.75 Å².